The van der Waals surface area contributed by atoms with Crippen LogP contribution in [-0.4, -0.2) is 48.2 Å². The predicted molar refractivity (Wildman–Crippen MR) is 54.5 cm³/mol. The van der Waals surface area contributed by atoms with E-state index in [1.54, 1.807) is 0 Å². The molecule has 1 unspecified atom stereocenters. The minimum absolute atomic E-state index is 0.536. The maximum atomic E-state index is 9.16. The molecule has 0 rings (SSSR count). The fourth-order valence-corrected chi connectivity index (χ4v) is 1.10. The second-order valence-electron chi connectivity index (χ2n) is 2.39. The van der Waals surface area contributed by atoms with E-state index in [0.29, 0.717) is 0 Å². The second-order valence-corrected chi connectivity index (χ2v) is 21.4. The van der Waals surface area contributed by atoms with Gasteiger partial charge in [-0.1, -0.05) is 13.1 Å². The van der Waals surface area contributed by atoms with Crippen LogP contribution in [0.15, 0.2) is 0 Å². The highest BCUT2D eigenvalue weighted by Crippen LogP contribution is 1.83. The van der Waals surface area contributed by atoms with Crippen LogP contribution >= 0.6 is 0 Å². The fraction of sp³-hybridized carbons (Fsp3) is 1.00. The number of hydrogen-bond acceptors (Lipinski definition) is 4. The van der Waals surface area contributed by atoms with Crippen LogP contribution in [-0.2, 0) is 13.5 Å². The highest BCUT2D eigenvalue weighted by atomic mass is 29.6. The van der Waals surface area contributed by atoms with Crippen molar-refractivity contribution in [1.82, 2.24) is 0 Å². The van der Waals surface area contributed by atoms with Gasteiger partial charge in [0.2, 0.25) is 0 Å². The second kappa shape index (κ2) is 10.4. The molecule has 4 nitrogen and oxygen atoms in total. The smallest absolute Gasteiger partial charge is 0.487 e. The molecule has 11 heavy (non-hydrogen) atoms. The Bertz CT molecular complexity index is 89.4. The van der Waals surface area contributed by atoms with Gasteiger partial charge >= 0.3 is 9.65 Å². The van der Waals surface area contributed by atoms with Crippen molar-refractivity contribution in [3.8, 4) is 0 Å². The molecule has 0 aliphatic heterocycles. The lowest BCUT2D eigenvalue weighted by Crippen LogP contribution is -2.32. The molecule has 1 atom stereocenters. The van der Waals surface area contributed by atoms with Crippen LogP contribution in [0.1, 0.15) is 0 Å². The minimum atomic E-state index is -0.968. The van der Waals surface area contributed by atoms with Gasteiger partial charge in [0.25, 0.3) is 0 Å². The number of hydrogen-bond donors (Lipinski definition) is 1. The Labute approximate surface area is 75.2 Å². The molecular formula is C3H16O4Si4. The van der Waals surface area contributed by atoms with E-state index in [2.05, 4.69) is 22.1 Å². The van der Waals surface area contributed by atoms with Crippen LogP contribution in [0.3, 0.4) is 0 Å². The molecule has 0 aromatic rings. The van der Waals surface area contributed by atoms with Crippen molar-refractivity contribution in [3.63, 3.8) is 0 Å². The van der Waals surface area contributed by atoms with E-state index in [9.17, 15) is 0 Å². The van der Waals surface area contributed by atoms with E-state index in [4.69, 9.17) is 9.72 Å². The summed E-state index contributed by atoms with van der Waals surface area (Å²) in [5.74, 6) is 0. The molecule has 0 aliphatic carbocycles. The zero-order valence-electron chi connectivity index (χ0n) is 7.40. The molecule has 0 heterocycles. The first kappa shape index (κ1) is 13.9. The summed E-state index contributed by atoms with van der Waals surface area (Å²) < 4.78 is 17.5. The Morgan fingerprint density at radius 2 is 1.91 bits per heavy atom. The van der Waals surface area contributed by atoms with Gasteiger partial charge in [0.1, 0.15) is 0 Å². The standard InChI is InChI=1S/C2H12O2Si3.CH4O2Si/c1-6(2)7(5)4-3;1-3-4-2/h3,6-7H,1-2,5H3;4H,1H3. The summed E-state index contributed by atoms with van der Waals surface area (Å²) in [6.45, 7) is 4.44. The first-order valence-corrected chi connectivity index (χ1v) is 14.4. The topological polar surface area (TPSA) is 55.8 Å². The Kier molecular flexibility index (Phi) is 13.2. The summed E-state index contributed by atoms with van der Waals surface area (Å²) in [5.41, 5.74) is 0. The third kappa shape index (κ3) is 13.4. The Hall–Kier alpha value is 0.388. The average Bonchev–Trinajstić information content (AvgIpc) is 2.03. The zero-order valence-corrected chi connectivity index (χ0v) is 12.9. The van der Waals surface area contributed by atoms with Gasteiger partial charge < -0.3 is 13.5 Å². The van der Waals surface area contributed by atoms with Crippen molar-refractivity contribution >= 4 is 35.8 Å². The summed E-state index contributed by atoms with van der Waals surface area (Å²) in [6.07, 6.45) is 0. The lowest BCUT2D eigenvalue weighted by molar-refractivity contribution is -0.137. The van der Waals surface area contributed by atoms with Gasteiger partial charge in [0.15, 0.2) is 8.08 Å². The molecule has 0 spiro atoms. The minimum Gasteiger partial charge on any atom is -0.529 e. The third-order valence-electron chi connectivity index (χ3n) is 1.20. The average molecular weight is 229 g/mol. The fourth-order valence-electron chi connectivity index (χ4n) is 0.122. The molecule has 1 N–H and O–H groups in total. The summed E-state index contributed by atoms with van der Waals surface area (Å²) in [5, 5.41) is 8.14. The van der Waals surface area contributed by atoms with E-state index in [-0.39, 0.29) is 0 Å². The molecular weight excluding hydrogens is 212 g/mol. The predicted octanol–water partition coefficient (Wildman–Crippen LogP) is -2.04. The lowest BCUT2D eigenvalue weighted by Gasteiger charge is -2.05. The SMILES string of the molecule is CO[SiH]=O.C[SiH](C)[SiH]([SiH3])OO. The van der Waals surface area contributed by atoms with Crippen LogP contribution in [0.2, 0.25) is 13.1 Å². The highest BCUT2D eigenvalue weighted by Gasteiger charge is 2.09. The summed E-state index contributed by atoms with van der Waals surface area (Å²) in [4.78, 5) is 0. The van der Waals surface area contributed by atoms with Gasteiger partial charge in [-0.3, -0.25) is 5.26 Å². The van der Waals surface area contributed by atoms with Crippen molar-refractivity contribution in [1.29, 1.82) is 0 Å². The van der Waals surface area contributed by atoms with Gasteiger partial charge in [-0.05, 0) is 0 Å². The summed E-state index contributed by atoms with van der Waals surface area (Å²) in [7, 11) is 0.0826. The molecule has 0 bridgehead atoms. The van der Waals surface area contributed by atoms with Crippen LogP contribution < -0.4 is 0 Å². The van der Waals surface area contributed by atoms with E-state index in [1.165, 1.54) is 7.11 Å². The van der Waals surface area contributed by atoms with Crippen molar-refractivity contribution in [3.05, 3.63) is 0 Å². The molecule has 8 heteroatoms. The van der Waals surface area contributed by atoms with E-state index < -0.39 is 26.0 Å². The van der Waals surface area contributed by atoms with E-state index >= 15 is 0 Å². The molecule has 0 aromatic carbocycles. The van der Waals surface area contributed by atoms with E-state index in [0.717, 1.165) is 9.76 Å². The van der Waals surface area contributed by atoms with Gasteiger partial charge in [-0.25, -0.2) is 0 Å². The quantitative estimate of drug-likeness (QED) is 0.343. The molecule has 68 valence electrons. The first-order chi connectivity index (χ1) is 5.09. The Morgan fingerprint density at radius 1 is 1.55 bits per heavy atom. The molecule has 0 aliphatic rings. The van der Waals surface area contributed by atoms with E-state index in [1.807, 2.05) is 0 Å². The van der Waals surface area contributed by atoms with Gasteiger partial charge in [0.05, 0.1) is 15.4 Å². The molecule has 0 radical (unpaired) electrons. The Balaban J connectivity index is 0. The molecule has 0 fully saturated rings. The van der Waals surface area contributed by atoms with Gasteiger partial charge in [-0.2, -0.15) is 0 Å². The lowest BCUT2D eigenvalue weighted by atomic mass is 11.8. The Morgan fingerprint density at radius 3 is 1.91 bits per heavy atom. The van der Waals surface area contributed by atoms with Crippen LogP contribution in [0.4, 0.5) is 0 Å². The summed E-state index contributed by atoms with van der Waals surface area (Å²) in [6, 6.07) is 0. The van der Waals surface area contributed by atoms with Crippen molar-refractivity contribution in [2.75, 3.05) is 7.11 Å². The zero-order chi connectivity index (χ0) is 9.28. The van der Waals surface area contributed by atoms with Crippen LogP contribution in [0.25, 0.3) is 0 Å². The monoisotopic (exact) mass is 228 g/mol. The van der Waals surface area contributed by atoms with Crippen LogP contribution in [0.5, 0.6) is 0 Å². The molecule has 0 amide bonds. The summed E-state index contributed by atoms with van der Waals surface area (Å²) >= 11 is 0. The van der Waals surface area contributed by atoms with Crippen molar-refractivity contribution < 1.29 is 18.7 Å². The third-order valence-corrected chi connectivity index (χ3v) is 22.2. The number of rotatable bonds is 3. The maximum absolute atomic E-state index is 9.16. The highest BCUT2D eigenvalue weighted by molar-refractivity contribution is 7.37. The van der Waals surface area contributed by atoms with Crippen LogP contribution in [0, 0.1) is 0 Å². The molecule has 0 aromatic heterocycles. The van der Waals surface area contributed by atoms with Crippen molar-refractivity contribution in [2.45, 2.75) is 13.1 Å². The molecule has 0 saturated carbocycles. The van der Waals surface area contributed by atoms with Gasteiger partial charge in [-0.15, -0.1) is 0 Å². The molecule has 0 saturated heterocycles. The van der Waals surface area contributed by atoms with Gasteiger partial charge in [0, 0.05) is 9.76 Å². The normalized spacial score (nSPS) is 11.7. The maximum Gasteiger partial charge on any atom is 0.487 e. The van der Waals surface area contributed by atoms with Crippen molar-refractivity contribution in [2.24, 2.45) is 0 Å². The largest absolute Gasteiger partial charge is 0.529 e. The first-order valence-electron chi connectivity index (χ1n) is 3.36.